The van der Waals surface area contributed by atoms with Gasteiger partial charge in [-0.1, -0.05) is 6.07 Å². The number of carboxylic acids is 1. The molecule has 0 saturated heterocycles. The third kappa shape index (κ3) is 1.69. The highest BCUT2D eigenvalue weighted by atomic mass is 16.4. The molecule has 4 nitrogen and oxygen atoms in total. The van der Waals surface area contributed by atoms with Gasteiger partial charge in [-0.25, -0.2) is 4.98 Å². The quantitative estimate of drug-likeness (QED) is 0.881. The van der Waals surface area contributed by atoms with Gasteiger partial charge in [0.25, 0.3) is 0 Å². The van der Waals surface area contributed by atoms with Gasteiger partial charge in [0, 0.05) is 6.04 Å². The van der Waals surface area contributed by atoms with E-state index in [9.17, 15) is 4.79 Å². The molecule has 0 aliphatic heterocycles. The first-order valence-corrected chi connectivity index (χ1v) is 5.86. The number of carboxylic acid groups (broad SMARTS) is 1. The number of rotatable bonds is 3. The number of aromatic nitrogens is 2. The van der Waals surface area contributed by atoms with Crippen molar-refractivity contribution in [3.05, 3.63) is 30.1 Å². The molecular formula is C13H14N2O2. The fraction of sp³-hybridized carbons (Fsp3) is 0.385. The standard InChI is InChI=1S/C13H14N2O2/c1-8(13(16)17)9-2-5-11-12(6-9)15(7-14-11)10-3-4-10/h2,5-8,10H,3-4H2,1H3,(H,16,17). The van der Waals surface area contributed by atoms with Crippen molar-refractivity contribution in [2.75, 3.05) is 0 Å². The highest BCUT2D eigenvalue weighted by Gasteiger charge is 2.25. The summed E-state index contributed by atoms with van der Waals surface area (Å²) in [6.45, 7) is 1.71. The molecule has 0 bridgehead atoms. The van der Waals surface area contributed by atoms with Crippen LogP contribution in [0.5, 0.6) is 0 Å². The highest BCUT2D eigenvalue weighted by molar-refractivity contribution is 5.81. The minimum Gasteiger partial charge on any atom is -0.481 e. The van der Waals surface area contributed by atoms with Crippen LogP contribution in [0.4, 0.5) is 0 Å². The lowest BCUT2D eigenvalue weighted by Gasteiger charge is -2.07. The van der Waals surface area contributed by atoms with Crippen LogP contribution in [-0.2, 0) is 4.79 Å². The monoisotopic (exact) mass is 230 g/mol. The van der Waals surface area contributed by atoms with E-state index in [4.69, 9.17) is 5.11 Å². The number of fused-ring (bicyclic) bond motifs is 1. The third-order valence-electron chi connectivity index (χ3n) is 3.41. The molecule has 1 fully saturated rings. The van der Waals surface area contributed by atoms with Crippen LogP contribution in [-0.4, -0.2) is 20.6 Å². The maximum absolute atomic E-state index is 11.0. The first-order valence-electron chi connectivity index (χ1n) is 5.86. The predicted octanol–water partition coefficient (Wildman–Crippen LogP) is 2.56. The third-order valence-corrected chi connectivity index (χ3v) is 3.41. The molecule has 1 N–H and O–H groups in total. The summed E-state index contributed by atoms with van der Waals surface area (Å²) < 4.78 is 2.16. The van der Waals surface area contributed by atoms with Crippen LogP contribution in [0, 0.1) is 0 Å². The number of aliphatic carboxylic acids is 1. The number of hydrogen-bond donors (Lipinski definition) is 1. The molecule has 1 heterocycles. The minimum atomic E-state index is -0.790. The Balaban J connectivity index is 2.09. The summed E-state index contributed by atoms with van der Waals surface area (Å²) in [5.74, 6) is -1.26. The Bertz CT molecular complexity index is 584. The second kappa shape index (κ2) is 3.58. The van der Waals surface area contributed by atoms with E-state index < -0.39 is 11.9 Å². The molecule has 1 saturated carbocycles. The number of hydrogen-bond acceptors (Lipinski definition) is 2. The molecule has 1 unspecified atom stereocenters. The molecule has 1 aliphatic rings. The lowest BCUT2D eigenvalue weighted by Crippen LogP contribution is -2.07. The van der Waals surface area contributed by atoms with Gasteiger partial charge in [-0.05, 0) is 37.5 Å². The van der Waals surface area contributed by atoms with Crippen molar-refractivity contribution in [3.63, 3.8) is 0 Å². The Morgan fingerprint density at radius 2 is 2.29 bits per heavy atom. The largest absolute Gasteiger partial charge is 0.481 e. The predicted molar refractivity (Wildman–Crippen MR) is 64.1 cm³/mol. The van der Waals surface area contributed by atoms with E-state index in [1.165, 1.54) is 12.8 Å². The molecule has 4 heteroatoms. The minimum absolute atomic E-state index is 0.470. The molecule has 1 aromatic heterocycles. The number of nitrogens with zero attached hydrogens (tertiary/aromatic N) is 2. The highest BCUT2D eigenvalue weighted by Crippen LogP contribution is 2.37. The van der Waals surface area contributed by atoms with Crippen LogP contribution in [0.2, 0.25) is 0 Å². The van der Waals surface area contributed by atoms with E-state index in [0.717, 1.165) is 16.6 Å². The zero-order valence-corrected chi connectivity index (χ0v) is 9.63. The molecule has 1 atom stereocenters. The molecule has 1 aromatic carbocycles. The van der Waals surface area contributed by atoms with E-state index >= 15 is 0 Å². The Kier molecular flexibility index (Phi) is 2.18. The van der Waals surface area contributed by atoms with Crippen molar-refractivity contribution in [2.45, 2.75) is 31.7 Å². The van der Waals surface area contributed by atoms with Gasteiger partial charge in [0.2, 0.25) is 0 Å². The first kappa shape index (κ1) is 10.3. The van der Waals surface area contributed by atoms with Crippen molar-refractivity contribution in [1.29, 1.82) is 0 Å². The van der Waals surface area contributed by atoms with Gasteiger partial charge in [-0.15, -0.1) is 0 Å². The number of imidazole rings is 1. The molecule has 1 aliphatic carbocycles. The van der Waals surface area contributed by atoms with Crippen molar-refractivity contribution < 1.29 is 9.90 Å². The Hall–Kier alpha value is -1.84. The SMILES string of the molecule is CC(C(=O)O)c1ccc2ncn(C3CC3)c2c1. The number of benzene rings is 1. The Morgan fingerprint density at radius 3 is 2.94 bits per heavy atom. The molecule has 0 spiro atoms. The van der Waals surface area contributed by atoms with Gasteiger partial charge in [0.05, 0.1) is 23.3 Å². The van der Waals surface area contributed by atoms with E-state index in [1.54, 1.807) is 6.92 Å². The van der Waals surface area contributed by atoms with Crippen molar-refractivity contribution in [3.8, 4) is 0 Å². The van der Waals surface area contributed by atoms with Crippen LogP contribution >= 0.6 is 0 Å². The van der Waals surface area contributed by atoms with Crippen molar-refractivity contribution >= 4 is 17.0 Å². The molecule has 17 heavy (non-hydrogen) atoms. The van der Waals surface area contributed by atoms with Gasteiger partial charge in [0.15, 0.2) is 0 Å². The summed E-state index contributed by atoms with van der Waals surface area (Å²) in [4.78, 5) is 15.3. The molecular weight excluding hydrogens is 216 g/mol. The maximum atomic E-state index is 11.0. The summed E-state index contributed by atoms with van der Waals surface area (Å²) in [5, 5.41) is 9.03. The van der Waals surface area contributed by atoms with Gasteiger partial charge in [-0.3, -0.25) is 4.79 Å². The Morgan fingerprint density at radius 1 is 1.53 bits per heavy atom. The van der Waals surface area contributed by atoms with Gasteiger partial charge >= 0.3 is 5.97 Å². The van der Waals surface area contributed by atoms with E-state index in [-0.39, 0.29) is 0 Å². The van der Waals surface area contributed by atoms with E-state index in [0.29, 0.717) is 6.04 Å². The molecule has 88 valence electrons. The van der Waals surface area contributed by atoms with E-state index in [1.807, 2.05) is 24.5 Å². The maximum Gasteiger partial charge on any atom is 0.310 e. The number of carbonyl (C=O) groups is 1. The zero-order chi connectivity index (χ0) is 12.0. The lowest BCUT2D eigenvalue weighted by atomic mass is 10.0. The van der Waals surface area contributed by atoms with E-state index in [2.05, 4.69) is 9.55 Å². The lowest BCUT2D eigenvalue weighted by molar-refractivity contribution is -0.138. The summed E-state index contributed by atoms with van der Waals surface area (Å²) in [6.07, 6.45) is 4.26. The smallest absolute Gasteiger partial charge is 0.310 e. The van der Waals surface area contributed by atoms with Crippen LogP contribution in [0.15, 0.2) is 24.5 Å². The average molecular weight is 230 g/mol. The van der Waals surface area contributed by atoms with Crippen LogP contribution < -0.4 is 0 Å². The van der Waals surface area contributed by atoms with Crippen LogP contribution in [0.25, 0.3) is 11.0 Å². The summed E-state index contributed by atoms with van der Waals surface area (Å²) in [5.41, 5.74) is 2.84. The molecule has 0 amide bonds. The van der Waals surface area contributed by atoms with Crippen molar-refractivity contribution in [2.24, 2.45) is 0 Å². The topological polar surface area (TPSA) is 55.1 Å². The normalized spacial score (nSPS) is 17.2. The summed E-state index contributed by atoms with van der Waals surface area (Å²) in [6, 6.07) is 6.28. The van der Waals surface area contributed by atoms with Gasteiger partial charge < -0.3 is 9.67 Å². The fourth-order valence-electron chi connectivity index (χ4n) is 2.10. The summed E-state index contributed by atoms with van der Waals surface area (Å²) >= 11 is 0. The first-order chi connectivity index (χ1) is 8.16. The second-order valence-corrected chi connectivity index (χ2v) is 4.69. The summed E-state index contributed by atoms with van der Waals surface area (Å²) in [7, 11) is 0. The fourth-order valence-corrected chi connectivity index (χ4v) is 2.10. The van der Waals surface area contributed by atoms with Crippen molar-refractivity contribution in [1.82, 2.24) is 9.55 Å². The molecule has 0 radical (unpaired) electrons. The second-order valence-electron chi connectivity index (χ2n) is 4.69. The van der Waals surface area contributed by atoms with Gasteiger partial charge in [0.1, 0.15) is 0 Å². The van der Waals surface area contributed by atoms with Crippen LogP contribution in [0.3, 0.4) is 0 Å². The zero-order valence-electron chi connectivity index (χ0n) is 9.63. The van der Waals surface area contributed by atoms with Crippen LogP contribution in [0.1, 0.15) is 37.3 Å². The molecule has 2 aromatic rings. The average Bonchev–Trinajstić information content (AvgIpc) is 3.07. The van der Waals surface area contributed by atoms with Gasteiger partial charge in [-0.2, -0.15) is 0 Å². The Labute approximate surface area is 98.9 Å². The molecule has 3 rings (SSSR count).